The molecule has 0 saturated carbocycles. The number of hydrogen-bond acceptors (Lipinski definition) is 3. The van der Waals surface area contributed by atoms with Crippen molar-refractivity contribution in [3.05, 3.63) is 63.6 Å². The summed E-state index contributed by atoms with van der Waals surface area (Å²) in [6.45, 7) is 6.16. The van der Waals surface area contributed by atoms with Crippen LogP contribution in [0, 0.1) is 13.8 Å². The molecule has 2 N–H and O–H groups in total. The van der Waals surface area contributed by atoms with Crippen molar-refractivity contribution in [3.8, 4) is 0 Å². The van der Waals surface area contributed by atoms with E-state index in [0.29, 0.717) is 0 Å². The number of aryl methyl sites for hydroxylation is 2. The maximum Gasteiger partial charge on any atom is 0.238 e. The number of rotatable bonds is 7. The van der Waals surface area contributed by atoms with E-state index < -0.39 is 0 Å². The van der Waals surface area contributed by atoms with Gasteiger partial charge in [0.2, 0.25) is 11.8 Å². The van der Waals surface area contributed by atoms with E-state index in [1.54, 1.807) is 11.9 Å². The van der Waals surface area contributed by atoms with E-state index in [-0.39, 0.29) is 30.9 Å². The van der Waals surface area contributed by atoms with Gasteiger partial charge in [0.25, 0.3) is 0 Å². The van der Waals surface area contributed by atoms with Crippen LogP contribution >= 0.6 is 15.9 Å². The molecule has 0 fully saturated rings. The number of amides is 2. The second-order valence-electron chi connectivity index (χ2n) is 6.83. The monoisotopic (exact) mass is 431 g/mol. The molecule has 1 unspecified atom stereocenters. The summed E-state index contributed by atoms with van der Waals surface area (Å²) in [5.74, 6) is -0.253. The molecule has 0 bridgehead atoms. The average Bonchev–Trinajstić information content (AvgIpc) is 2.58. The van der Waals surface area contributed by atoms with Crippen molar-refractivity contribution in [2.24, 2.45) is 0 Å². The maximum absolute atomic E-state index is 12.3. The Morgan fingerprint density at radius 2 is 1.56 bits per heavy atom. The van der Waals surface area contributed by atoms with Crippen molar-refractivity contribution in [1.29, 1.82) is 0 Å². The van der Waals surface area contributed by atoms with Crippen LogP contribution in [0.4, 0.5) is 5.69 Å². The lowest BCUT2D eigenvalue weighted by atomic mass is 10.1. The van der Waals surface area contributed by atoms with Crippen LogP contribution in [0.2, 0.25) is 0 Å². The Labute approximate surface area is 169 Å². The number of nitrogens with zero attached hydrogens (tertiary/aromatic N) is 1. The molecule has 2 amide bonds. The summed E-state index contributed by atoms with van der Waals surface area (Å²) in [6, 6.07) is 13.6. The van der Waals surface area contributed by atoms with E-state index in [2.05, 4.69) is 26.6 Å². The normalized spacial score (nSPS) is 11.9. The lowest BCUT2D eigenvalue weighted by Crippen LogP contribution is -2.39. The van der Waals surface area contributed by atoms with Crippen LogP contribution in [-0.4, -0.2) is 36.9 Å². The van der Waals surface area contributed by atoms with Gasteiger partial charge >= 0.3 is 0 Å². The topological polar surface area (TPSA) is 61.4 Å². The minimum Gasteiger partial charge on any atom is -0.348 e. The number of carbonyl (C=O) groups excluding carboxylic acids is 2. The predicted octanol–water partition coefficient (Wildman–Crippen LogP) is 3.81. The highest BCUT2D eigenvalue weighted by Crippen LogP contribution is 2.19. The highest BCUT2D eigenvalue weighted by Gasteiger charge is 2.14. The first-order valence-corrected chi connectivity index (χ1v) is 9.65. The van der Waals surface area contributed by atoms with Gasteiger partial charge < -0.3 is 10.6 Å². The Hall–Kier alpha value is -2.18. The molecule has 144 valence electrons. The number of hydrogen-bond donors (Lipinski definition) is 2. The zero-order valence-corrected chi connectivity index (χ0v) is 17.8. The average molecular weight is 432 g/mol. The fourth-order valence-corrected chi connectivity index (χ4v) is 3.12. The van der Waals surface area contributed by atoms with Crippen molar-refractivity contribution in [3.63, 3.8) is 0 Å². The smallest absolute Gasteiger partial charge is 0.238 e. The molecule has 6 heteroatoms. The van der Waals surface area contributed by atoms with E-state index >= 15 is 0 Å². The standard InChI is InChI=1S/C21H26BrN3O2/c1-14-6-5-7-15(2)21(14)24-20(27)13-25(4)12-19(26)23-16(3)17-8-10-18(22)11-9-17/h5-11,16H,12-13H2,1-4H3,(H,23,26)(H,24,27). The Morgan fingerprint density at radius 1 is 1.00 bits per heavy atom. The molecule has 27 heavy (non-hydrogen) atoms. The molecule has 0 aromatic heterocycles. The summed E-state index contributed by atoms with van der Waals surface area (Å²) >= 11 is 3.40. The minimum absolute atomic E-state index is 0.0950. The first-order valence-electron chi connectivity index (χ1n) is 8.85. The Balaban J connectivity index is 1.83. The van der Waals surface area contributed by atoms with Crippen LogP contribution in [0.25, 0.3) is 0 Å². The summed E-state index contributed by atoms with van der Waals surface area (Å²) in [5, 5.41) is 5.90. The van der Waals surface area contributed by atoms with E-state index in [1.807, 2.05) is 63.2 Å². The van der Waals surface area contributed by atoms with Crippen LogP contribution in [0.5, 0.6) is 0 Å². The zero-order chi connectivity index (χ0) is 20.0. The molecule has 1 atom stereocenters. The Kier molecular flexibility index (Phi) is 7.56. The van der Waals surface area contributed by atoms with Gasteiger partial charge in [0, 0.05) is 10.2 Å². The SMILES string of the molecule is Cc1cccc(C)c1NC(=O)CN(C)CC(=O)NC(C)c1ccc(Br)cc1. The number of benzene rings is 2. The lowest BCUT2D eigenvalue weighted by molar-refractivity contribution is -0.123. The Bertz CT molecular complexity index is 785. The van der Waals surface area contributed by atoms with Crippen molar-refractivity contribution >= 4 is 33.4 Å². The third kappa shape index (κ3) is 6.48. The fraction of sp³-hybridized carbons (Fsp3) is 0.333. The van der Waals surface area contributed by atoms with Gasteiger partial charge in [0.05, 0.1) is 19.1 Å². The van der Waals surface area contributed by atoms with Crippen LogP contribution < -0.4 is 10.6 Å². The third-order valence-corrected chi connectivity index (χ3v) is 4.85. The molecular formula is C21H26BrN3O2. The summed E-state index contributed by atoms with van der Waals surface area (Å²) in [6.07, 6.45) is 0. The van der Waals surface area contributed by atoms with Gasteiger partial charge in [-0.15, -0.1) is 0 Å². The molecule has 0 radical (unpaired) electrons. The van der Waals surface area contributed by atoms with Crippen LogP contribution in [0.3, 0.4) is 0 Å². The number of likely N-dealkylation sites (N-methyl/N-ethyl adjacent to an activating group) is 1. The van der Waals surface area contributed by atoms with Gasteiger partial charge in [0.15, 0.2) is 0 Å². The molecule has 0 spiro atoms. The number of nitrogens with one attached hydrogen (secondary N) is 2. The van der Waals surface area contributed by atoms with Gasteiger partial charge in [-0.1, -0.05) is 46.3 Å². The van der Waals surface area contributed by atoms with Gasteiger partial charge in [-0.05, 0) is 56.6 Å². The molecule has 2 rings (SSSR count). The third-order valence-electron chi connectivity index (χ3n) is 4.32. The van der Waals surface area contributed by atoms with Crippen molar-refractivity contribution < 1.29 is 9.59 Å². The largest absolute Gasteiger partial charge is 0.348 e. The minimum atomic E-state index is -0.136. The van der Waals surface area contributed by atoms with Gasteiger partial charge in [-0.2, -0.15) is 0 Å². The first-order chi connectivity index (χ1) is 12.8. The van der Waals surface area contributed by atoms with Crippen molar-refractivity contribution in [2.45, 2.75) is 26.8 Å². The quantitative estimate of drug-likeness (QED) is 0.700. The maximum atomic E-state index is 12.3. The van der Waals surface area contributed by atoms with Crippen LogP contribution in [0.15, 0.2) is 46.9 Å². The van der Waals surface area contributed by atoms with Crippen LogP contribution in [-0.2, 0) is 9.59 Å². The number of carbonyl (C=O) groups is 2. The predicted molar refractivity (Wildman–Crippen MR) is 113 cm³/mol. The summed E-state index contributed by atoms with van der Waals surface area (Å²) in [7, 11) is 1.76. The van der Waals surface area contributed by atoms with Gasteiger partial charge in [-0.25, -0.2) is 0 Å². The molecule has 2 aromatic carbocycles. The van der Waals surface area contributed by atoms with E-state index in [9.17, 15) is 9.59 Å². The van der Waals surface area contributed by atoms with Gasteiger partial charge in [0.1, 0.15) is 0 Å². The summed E-state index contributed by atoms with van der Waals surface area (Å²) in [4.78, 5) is 26.3. The van der Waals surface area contributed by atoms with Crippen molar-refractivity contribution in [2.75, 3.05) is 25.5 Å². The van der Waals surface area contributed by atoms with Gasteiger partial charge in [-0.3, -0.25) is 14.5 Å². The summed E-state index contributed by atoms with van der Waals surface area (Å²) < 4.78 is 0.999. The first kappa shape index (κ1) is 21.1. The Morgan fingerprint density at radius 3 is 2.15 bits per heavy atom. The summed E-state index contributed by atoms with van der Waals surface area (Å²) in [5.41, 5.74) is 3.91. The molecule has 2 aromatic rings. The molecule has 0 saturated heterocycles. The van der Waals surface area contributed by atoms with E-state index in [0.717, 1.165) is 26.9 Å². The fourth-order valence-electron chi connectivity index (χ4n) is 2.86. The zero-order valence-electron chi connectivity index (χ0n) is 16.2. The van der Waals surface area contributed by atoms with Crippen LogP contribution in [0.1, 0.15) is 29.7 Å². The number of anilines is 1. The molecule has 0 aliphatic rings. The van der Waals surface area contributed by atoms with E-state index in [4.69, 9.17) is 0 Å². The molecule has 0 aliphatic carbocycles. The van der Waals surface area contributed by atoms with E-state index in [1.165, 1.54) is 0 Å². The molecule has 0 heterocycles. The second kappa shape index (κ2) is 9.67. The molecular weight excluding hydrogens is 406 g/mol. The highest BCUT2D eigenvalue weighted by molar-refractivity contribution is 9.10. The molecule has 5 nitrogen and oxygen atoms in total. The van der Waals surface area contributed by atoms with Crippen molar-refractivity contribution in [1.82, 2.24) is 10.2 Å². The number of para-hydroxylation sites is 1. The molecule has 0 aliphatic heterocycles. The highest BCUT2D eigenvalue weighted by atomic mass is 79.9. The lowest BCUT2D eigenvalue weighted by Gasteiger charge is -2.19. The number of halogens is 1. The second-order valence-corrected chi connectivity index (χ2v) is 7.74.